The molecule has 0 radical (unpaired) electrons. The molecule has 0 amide bonds. The molecule has 34 heavy (non-hydrogen) atoms. The summed E-state index contributed by atoms with van der Waals surface area (Å²) in [7, 11) is -3.75. The normalized spacial score (nSPS) is 13.3. The molecule has 0 spiro atoms. The molecule has 1 aromatic heterocycles. The Balaban J connectivity index is 0.000000406. The van der Waals surface area contributed by atoms with E-state index < -0.39 is 22.2 Å². The maximum Gasteiger partial charge on any atom is 0.490 e. The first-order valence-corrected chi connectivity index (χ1v) is 12.2. The summed E-state index contributed by atoms with van der Waals surface area (Å²) >= 11 is 13.3. The Bertz CT molecular complexity index is 1290. The Labute approximate surface area is 205 Å². The SMILES string of the molecule is O=C(O)C(F)(F)F.O=S(=O)(Nc1nccs1)c1ccc2c(c1)OCCN2c1ccc(Cl)c(Cl)c1. The van der Waals surface area contributed by atoms with E-state index in [9.17, 15) is 21.6 Å². The van der Waals surface area contributed by atoms with Crippen molar-refractivity contribution in [3.63, 3.8) is 0 Å². The van der Waals surface area contributed by atoms with Crippen molar-refractivity contribution in [1.29, 1.82) is 0 Å². The van der Waals surface area contributed by atoms with Crippen LogP contribution in [0.15, 0.2) is 52.9 Å². The first-order chi connectivity index (χ1) is 15.9. The molecule has 2 N–H and O–H groups in total. The highest BCUT2D eigenvalue weighted by Crippen LogP contribution is 2.39. The Hall–Kier alpha value is -2.74. The van der Waals surface area contributed by atoms with Crippen LogP contribution in [0.4, 0.5) is 29.7 Å². The fourth-order valence-electron chi connectivity index (χ4n) is 2.74. The molecular weight excluding hydrogens is 542 g/mol. The average molecular weight is 556 g/mol. The van der Waals surface area contributed by atoms with E-state index in [1.165, 1.54) is 29.7 Å². The second kappa shape index (κ2) is 10.3. The lowest BCUT2D eigenvalue weighted by atomic mass is 10.2. The highest BCUT2D eigenvalue weighted by atomic mass is 35.5. The molecule has 0 saturated heterocycles. The van der Waals surface area contributed by atoms with Crippen LogP contribution in [0.2, 0.25) is 10.0 Å². The summed E-state index contributed by atoms with van der Waals surface area (Å²) < 4.78 is 65.0. The quantitative estimate of drug-likeness (QED) is 0.442. The number of hydrogen-bond acceptors (Lipinski definition) is 7. The van der Waals surface area contributed by atoms with Crippen LogP contribution in [0.3, 0.4) is 0 Å². The Morgan fingerprint density at radius 3 is 2.47 bits per heavy atom. The zero-order valence-electron chi connectivity index (χ0n) is 16.7. The van der Waals surface area contributed by atoms with Crippen LogP contribution in [0, 0.1) is 0 Å². The Morgan fingerprint density at radius 2 is 1.88 bits per heavy atom. The third-order valence-electron chi connectivity index (χ3n) is 4.22. The lowest BCUT2D eigenvalue weighted by Crippen LogP contribution is -2.28. The van der Waals surface area contributed by atoms with Crippen molar-refractivity contribution < 1.29 is 36.2 Å². The second-order valence-electron chi connectivity index (χ2n) is 6.47. The van der Waals surface area contributed by atoms with Gasteiger partial charge in [0.2, 0.25) is 0 Å². The number of ether oxygens (including phenoxy) is 1. The largest absolute Gasteiger partial charge is 0.490 e. The summed E-state index contributed by atoms with van der Waals surface area (Å²) in [5, 5.41) is 10.1. The van der Waals surface area contributed by atoms with Crippen molar-refractivity contribution in [2.45, 2.75) is 11.1 Å². The summed E-state index contributed by atoms with van der Waals surface area (Å²) in [6.07, 6.45) is -3.55. The maximum absolute atomic E-state index is 12.6. The molecule has 1 aliphatic rings. The second-order valence-corrected chi connectivity index (χ2v) is 9.87. The summed E-state index contributed by atoms with van der Waals surface area (Å²) in [4.78, 5) is 15.0. The maximum atomic E-state index is 12.6. The smallest absolute Gasteiger partial charge is 0.489 e. The minimum Gasteiger partial charge on any atom is -0.489 e. The van der Waals surface area contributed by atoms with Gasteiger partial charge in [0.05, 0.1) is 27.2 Å². The van der Waals surface area contributed by atoms with Gasteiger partial charge in [-0.2, -0.15) is 13.2 Å². The van der Waals surface area contributed by atoms with E-state index in [1.807, 2.05) is 11.0 Å². The van der Waals surface area contributed by atoms with Gasteiger partial charge in [0.25, 0.3) is 10.0 Å². The predicted octanol–water partition coefficient (Wildman–Crippen LogP) is 5.41. The number of nitrogens with one attached hydrogen (secondary N) is 1. The van der Waals surface area contributed by atoms with Gasteiger partial charge in [-0.05, 0) is 30.3 Å². The van der Waals surface area contributed by atoms with E-state index in [0.717, 1.165) is 11.4 Å². The minimum atomic E-state index is -5.08. The van der Waals surface area contributed by atoms with Gasteiger partial charge in [0, 0.05) is 23.3 Å². The van der Waals surface area contributed by atoms with Crippen molar-refractivity contribution in [2.75, 3.05) is 22.8 Å². The topological polar surface area (TPSA) is 109 Å². The van der Waals surface area contributed by atoms with Gasteiger partial charge < -0.3 is 14.7 Å². The molecule has 2 aromatic carbocycles. The molecule has 0 atom stereocenters. The molecule has 0 saturated carbocycles. The number of anilines is 3. The van der Waals surface area contributed by atoms with Gasteiger partial charge in [-0.15, -0.1) is 11.3 Å². The zero-order chi connectivity index (χ0) is 25.1. The minimum absolute atomic E-state index is 0.104. The van der Waals surface area contributed by atoms with E-state index >= 15 is 0 Å². The number of nitrogens with zero attached hydrogens (tertiary/aromatic N) is 2. The molecule has 15 heteroatoms. The van der Waals surface area contributed by atoms with Gasteiger partial charge in [-0.3, -0.25) is 4.72 Å². The van der Waals surface area contributed by atoms with Crippen molar-refractivity contribution in [3.8, 4) is 5.75 Å². The summed E-state index contributed by atoms with van der Waals surface area (Å²) in [5.41, 5.74) is 1.61. The number of alkyl halides is 3. The molecule has 0 aliphatic carbocycles. The number of aliphatic carboxylic acids is 1. The van der Waals surface area contributed by atoms with Crippen LogP contribution in [0.1, 0.15) is 0 Å². The molecule has 4 rings (SSSR count). The van der Waals surface area contributed by atoms with Gasteiger partial charge in [-0.25, -0.2) is 18.2 Å². The number of carbonyl (C=O) groups is 1. The van der Waals surface area contributed by atoms with Crippen molar-refractivity contribution in [1.82, 2.24) is 4.98 Å². The van der Waals surface area contributed by atoms with Crippen LogP contribution in [-0.4, -0.2) is 43.8 Å². The fourth-order valence-corrected chi connectivity index (χ4v) is 4.83. The summed E-state index contributed by atoms with van der Waals surface area (Å²) in [5.74, 6) is -2.28. The summed E-state index contributed by atoms with van der Waals surface area (Å²) in [6.45, 7) is 1.02. The monoisotopic (exact) mass is 555 g/mol. The number of benzene rings is 2. The fraction of sp³-hybridized carbons (Fsp3) is 0.158. The molecule has 182 valence electrons. The third kappa shape index (κ3) is 6.23. The molecule has 8 nitrogen and oxygen atoms in total. The molecule has 0 bridgehead atoms. The number of hydrogen-bond donors (Lipinski definition) is 2. The standard InChI is InChI=1S/C17H13Cl2N3O3S2.C2HF3O2/c18-13-3-1-11(9-14(13)19)22-6-7-25-16-10-12(2-4-15(16)22)27(23,24)21-17-20-5-8-26-17;3-2(4,5)1(6)7/h1-5,8-10H,6-7H2,(H,20,21);(H,6,7). The number of sulfonamides is 1. The van der Waals surface area contributed by atoms with E-state index in [2.05, 4.69) is 9.71 Å². The lowest BCUT2D eigenvalue weighted by molar-refractivity contribution is -0.192. The lowest BCUT2D eigenvalue weighted by Gasteiger charge is -2.31. The molecule has 0 unspecified atom stereocenters. The van der Waals surface area contributed by atoms with Crippen LogP contribution in [0.5, 0.6) is 5.75 Å². The number of rotatable bonds is 4. The number of carboxylic acids is 1. The van der Waals surface area contributed by atoms with Crippen LogP contribution < -0.4 is 14.4 Å². The summed E-state index contributed by atoms with van der Waals surface area (Å²) in [6, 6.07) is 10.1. The molecule has 1 aliphatic heterocycles. The number of carboxylic acid groups (broad SMARTS) is 1. The Morgan fingerprint density at radius 1 is 1.18 bits per heavy atom. The van der Waals surface area contributed by atoms with Gasteiger partial charge in [0.1, 0.15) is 12.4 Å². The molecule has 0 fully saturated rings. The molecule has 2 heterocycles. The van der Waals surface area contributed by atoms with Crippen LogP contribution in [-0.2, 0) is 14.8 Å². The van der Waals surface area contributed by atoms with Crippen molar-refractivity contribution in [3.05, 3.63) is 58.0 Å². The number of halogens is 5. The van der Waals surface area contributed by atoms with E-state index in [0.29, 0.717) is 34.1 Å². The number of thiazole rings is 1. The predicted molar refractivity (Wildman–Crippen MR) is 122 cm³/mol. The average Bonchev–Trinajstić information content (AvgIpc) is 3.27. The van der Waals surface area contributed by atoms with E-state index in [1.54, 1.807) is 23.6 Å². The van der Waals surface area contributed by atoms with Gasteiger partial charge >= 0.3 is 12.1 Å². The van der Waals surface area contributed by atoms with E-state index in [4.69, 9.17) is 37.8 Å². The highest BCUT2D eigenvalue weighted by molar-refractivity contribution is 7.93. The van der Waals surface area contributed by atoms with Crippen molar-refractivity contribution in [2.24, 2.45) is 0 Å². The highest BCUT2D eigenvalue weighted by Gasteiger charge is 2.38. The first-order valence-electron chi connectivity index (χ1n) is 9.10. The molecule has 3 aromatic rings. The van der Waals surface area contributed by atoms with Gasteiger partial charge in [-0.1, -0.05) is 23.2 Å². The van der Waals surface area contributed by atoms with Crippen LogP contribution in [0.25, 0.3) is 0 Å². The van der Waals surface area contributed by atoms with Gasteiger partial charge in [0.15, 0.2) is 5.13 Å². The van der Waals surface area contributed by atoms with Crippen molar-refractivity contribution >= 4 is 67.0 Å². The number of aromatic nitrogens is 1. The third-order valence-corrected chi connectivity index (χ3v) is 7.11. The first kappa shape index (κ1) is 25.9. The zero-order valence-corrected chi connectivity index (χ0v) is 19.9. The molecular formula is C19H14Cl2F3N3O5S2. The number of fused-ring (bicyclic) bond motifs is 1. The Kier molecular flexibility index (Phi) is 7.81. The van der Waals surface area contributed by atoms with Crippen LogP contribution >= 0.6 is 34.5 Å². The van der Waals surface area contributed by atoms with E-state index in [-0.39, 0.29) is 4.90 Å².